The van der Waals surface area contributed by atoms with Gasteiger partial charge in [-0.2, -0.15) is 0 Å². The van der Waals surface area contributed by atoms with Crippen molar-refractivity contribution in [1.82, 2.24) is 0 Å². The summed E-state index contributed by atoms with van der Waals surface area (Å²) in [5, 5.41) is 18.0. The number of aliphatic hydroxyl groups excluding tert-OH is 2. The Morgan fingerprint density at radius 2 is 1.96 bits per heavy atom. The lowest BCUT2D eigenvalue weighted by Gasteiger charge is -2.21. The molecule has 3 N–H and O–H groups in total. The monoisotopic (exact) mass is 404 g/mol. The van der Waals surface area contributed by atoms with Gasteiger partial charge in [0.05, 0.1) is 13.7 Å². The van der Waals surface area contributed by atoms with Crippen LogP contribution in [0.15, 0.2) is 12.5 Å². The molecule has 8 nitrogen and oxygen atoms in total. The number of rotatable bonds is 15. The first-order chi connectivity index (χ1) is 11.3. The molecule has 0 heterocycles. The van der Waals surface area contributed by atoms with Gasteiger partial charge in [-0.3, -0.25) is 4.79 Å². The fourth-order valence-corrected chi connectivity index (χ4v) is 4.00. The highest BCUT2D eigenvalue weighted by Crippen LogP contribution is 2.45. The number of hydrogen-bond acceptors (Lipinski definition) is 10. The smallest absolute Gasteiger partial charge is 0.305 e. The second kappa shape index (κ2) is 13.9. The minimum absolute atomic E-state index is 0.0801. The van der Waals surface area contributed by atoms with Crippen LogP contribution in [0.3, 0.4) is 0 Å². The maximum Gasteiger partial charge on any atom is 0.305 e. The fraction of sp³-hybridized carbons (Fsp3) is 0.692. The van der Waals surface area contributed by atoms with Crippen molar-refractivity contribution in [1.29, 1.82) is 0 Å². The number of methoxy groups -OCH3 is 1. The van der Waals surface area contributed by atoms with Gasteiger partial charge < -0.3 is 33.6 Å². The van der Waals surface area contributed by atoms with Gasteiger partial charge in [0.2, 0.25) is 7.57 Å². The molecule has 0 aromatic heterocycles. The van der Waals surface area contributed by atoms with Crippen molar-refractivity contribution in [3.05, 3.63) is 12.5 Å². The number of aliphatic hydroxyl groups is 2. The number of ether oxygens (including phenoxy) is 2. The first kappa shape index (κ1) is 23.6. The topological polar surface area (TPSA) is 115 Å². The maximum absolute atomic E-state index is 11.0. The van der Waals surface area contributed by atoms with Gasteiger partial charge in [-0.15, -0.1) is 0 Å². The summed E-state index contributed by atoms with van der Waals surface area (Å²) in [6, 6.07) is 0. The van der Waals surface area contributed by atoms with Crippen molar-refractivity contribution in [2.45, 2.75) is 19.3 Å². The highest BCUT2D eigenvalue weighted by Gasteiger charge is 2.16. The molecule has 0 saturated heterocycles. The molecular formula is C13H25O8PS2. The molecule has 142 valence electrons. The Morgan fingerprint density at radius 3 is 2.54 bits per heavy atom. The largest absolute Gasteiger partial charge is 0.481 e. The van der Waals surface area contributed by atoms with E-state index in [1.165, 1.54) is 28.7 Å². The average Bonchev–Trinajstić information content (AvgIpc) is 2.53. The Balaban J connectivity index is 3.87. The zero-order valence-electron chi connectivity index (χ0n) is 13.6. The highest BCUT2D eigenvalue weighted by atomic mass is 33.1. The van der Waals surface area contributed by atoms with Crippen LogP contribution in [-0.2, 0) is 23.3 Å². The van der Waals surface area contributed by atoms with Crippen LogP contribution < -0.4 is 0 Å². The summed E-state index contributed by atoms with van der Waals surface area (Å²) >= 11 is 0. The Kier molecular flexibility index (Phi) is 13.7. The van der Waals surface area contributed by atoms with Crippen LogP contribution in [0.4, 0.5) is 0 Å². The lowest BCUT2D eigenvalue weighted by atomic mass is 10.0. The molecule has 0 fully saturated rings. The number of esters is 1. The quantitative estimate of drug-likeness (QED) is 0.0939. The van der Waals surface area contributed by atoms with E-state index in [1.54, 1.807) is 0 Å². The molecule has 0 aliphatic carbocycles. The van der Waals surface area contributed by atoms with Gasteiger partial charge in [-0.25, -0.2) is 0 Å². The zero-order valence-corrected chi connectivity index (χ0v) is 16.1. The van der Waals surface area contributed by atoms with Crippen molar-refractivity contribution < 1.29 is 38.4 Å². The summed E-state index contributed by atoms with van der Waals surface area (Å²) in [6.07, 6.45) is 4.88. The third-order valence-electron chi connectivity index (χ3n) is 2.65. The molecule has 0 aromatic rings. The van der Waals surface area contributed by atoms with Crippen LogP contribution >= 0.6 is 29.2 Å². The highest BCUT2D eigenvalue weighted by molar-refractivity contribution is 8.76. The molecule has 0 radical (unpaired) electrons. The third kappa shape index (κ3) is 14.0. The second-order valence-corrected chi connectivity index (χ2v) is 8.74. The molecule has 2 unspecified atom stereocenters. The van der Waals surface area contributed by atoms with Crippen molar-refractivity contribution in [3.8, 4) is 0 Å². The molecule has 0 rings (SSSR count). The molecule has 0 spiro atoms. The summed E-state index contributed by atoms with van der Waals surface area (Å²) in [7, 11) is 0.594. The normalized spacial score (nSPS) is 14.6. The summed E-state index contributed by atoms with van der Waals surface area (Å²) < 4.78 is 19.7. The van der Waals surface area contributed by atoms with Crippen LogP contribution in [0.5, 0.6) is 0 Å². The number of carbonyl (C=O) groups is 1. The Hall–Kier alpha value is -0.350. The SMILES string of the molecule is C=C(O)OCSSCOP(=C)(O)OCC(CO)CCCC(=O)OC. The molecule has 11 heteroatoms. The first-order valence-corrected chi connectivity index (χ1v) is 11.2. The van der Waals surface area contributed by atoms with Crippen LogP contribution in [0.25, 0.3) is 0 Å². The van der Waals surface area contributed by atoms with Crippen LogP contribution in [0.1, 0.15) is 19.3 Å². The standard InChI is InChI=1S/C13H25O8PS2/c1-11(15)19-9-23-24-10-21-22(3,17)20-8-12(7-14)5-4-6-13(16)18-2/h12,14-15,17H,1,3-10H2,2H3. The zero-order chi connectivity index (χ0) is 18.4. The molecule has 0 aliphatic rings. The minimum Gasteiger partial charge on any atom is -0.481 e. The van der Waals surface area contributed by atoms with Gasteiger partial charge in [-0.05, 0) is 25.7 Å². The van der Waals surface area contributed by atoms with E-state index < -0.39 is 7.57 Å². The average molecular weight is 404 g/mol. The van der Waals surface area contributed by atoms with E-state index in [2.05, 4.69) is 17.6 Å². The van der Waals surface area contributed by atoms with E-state index in [9.17, 15) is 14.8 Å². The second-order valence-electron chi connectivity index (χ2n) is 4.59. The van der Waals surface area contributed by atoms with Crippen molar-refractivity contribution >= 4 is 41.4 Å². The van der Waals surface area contributed by atoms with E-state index in [1.807, 2.05) is 0 Å². The lowest BCUT2D eigenvalue weighted by Crippen LogP contribution is -2.14. The predicted octanol–water partition coefficient (Wildman–Crippen LogP) is 2.50. The van der Waals surface area contributed by atoms with E-state index in [0.717, 1.165) is 0 Å². The summed E-state index contributed by atoms with van der Waals surface area (Å²) in [4.78, 5) is 21.0. The fourth-order valence-electron chi connectivity index (χ4n) is 1.39. The third-order valence-corrected chi connectivity index (χ3v) is 5.58. The number of hydrogen-bond donors (Lipinski definition) is 3. The van der Waals surface area contributed by atoms with Crippen LogP contribution in [0.2, 0.25) is 0 Å². The van der Waals surface area contributed by atoms with Crippen molar-refractivity contribution in [2.24, 2.45) is 5.92 Å². The van der Waals surface area contributed by atoms with Crippen molar-refractivity contribution in [2.75, 3.05) is 32.2 Å². The molecule has 24 heavy (non-hydrogen) atoms. The van der Waals surface area contributed by atoms with E-state index in [0.29, 0.717) is 12.8 Å². The van der Waals surface area contributed by atoms with Gasteiger partial charge in [-0.1, -0.05) is 21.6 Å². The number of carbonyl (C=O) groups excluding carboxylic acids is 1. The molecule has 0 bridgehead atoms. The van der Waals surface area contributed by atoms with Gasteiger partial charge in [0.15, 0.2) is 0 Å². The predicted molar refractivity (Wildman–Crippen MR) is 97.5 cm³/mol. The molecule has 0 aliphatic heterocycles. The van der Waals surface area contributed by atoms with Crippen molar-refractivity contribution in [3.63, 3.8) is 0 Å². The van der Waals surface area contributed by atoms with Gasteiger partial charge in [0.25, 0.3) is 5.95 Å². The molecule has 0 saturated carbocycles. The van der Waals surface area contributed by atoms with Crippen LogP contribution in [0, 0.1) is 5.92 Å². The lowest BCUT2D eigenvalue weighted by molar-refractivity contribution is -0.140. The summed E-state index contributed by atoms with van der Waals surface area (Å²) in [5.41, 5.74) is 0. The minimum atomic E-state index is -3.23. The first-order valence-electron chi connectivity index (χ1n) is 6.98. The van der Waals surface area contributed by atoms with Gasteiger partial charge in [0, 0.05) is 18.9 Å². The molecular weight excluding hydrogens is 379 g/mol. The van der Waals surface area contributed by atoms with E-state index >= 15 is 0 Å². The summed E-state index contributed by atoms with van der Waals surface area (Å²) in [5.74, 6) is -0.592. The Bertz CT molecular complexity index is 421. The van der Waals surface area contributed by atoms with E-state index in [4.69, 9.17) is 18.9 Å². The molecule has 0 aromatic carbocycles. The molecule has 0 amide bonds. The Labute approximate surface area is 150 Å². The molecule has 2 atom stereocenters. The maximum atomic E-state index is 11.0. The van der Waals surface area contributed by atoms with E-state index in [-0.39, 0.29) is 49.3 Å². The Morgan fingerprint density at radius 1 is 1.29 bits per heavy atom. The van der Waals surface area contributed by atoms with Gasteiger partial charge in [0.1, 0.15) is 11.9 Å². The van der Waals surface area contributed by atoms with Gasteiger partial charge >= 0.3 is 5.97 Å². The summed E-state index contributed by atoms with van der Waals surface area (Å²) in [6.45, 7) is 3.11. The van der Waals surface area contributed by atoms with Crippen LogP contribution in [-0.4, -0.2) is 59.6 Å².